The fraction of sp³-hybridized carbons (Fsp3) is 1.00. The van der Waals surface area contributed by atoms with Gasteiger partial charge in [-0.05, 0) is 25.6 Å². The van der Waals surface area contributed by atoms with Crippen LogP contribution in [-0.4, -0.2) is 48.5 Å². The number of likely N-dealkylation sites (tertiary alicyclic amines) is 1. The Hall–Kier alpha value is 0.130. The van der Waals surface area contributed by atoms with Crippen LogP contribution in [0.1, 0.15) is 12.8 Å². The molecule has 0 aromatic carbocycles. The van der Waals surface area contributed by atoms with Gasteiger partial charge < -0.3 is 5.73 Å². The maximum absolute atomic E-state index is 13.0. The molecule has 14 heavy (non-hydrogen) atoms. The zero-order chi connectivity index (χ0) is 10.6. The standard InChI is InChI=1S/C9H18F2N2S/c1-14-8-3-2-4-13(5-8)7-9(10,11)6-12/h8H,2-7,12H2,1H3. The van der Waals surface area contributed by atoms with Gasteiger partial charge in [-0.2, -0.15) is 11.8 Å². The predicted octanol–water partition coefficient (Wildman–Crippen LogP) is 1.41. The minimum absolute atomic E-state index is 0.180. The molecule has 0 amide bonds. The number of alkyl halides is 2. The summed E-state index contributed by atoms with van der Waals surface area (Å²) in [5.74, 6) is -2.72. The number of rotatable bonds is 4. The number of hydrogen-bond acceptors (Lipinski definition) is 3. The largest absolute Gasteiger partial charge is 0.325 e. The molecule has 0 aromatic rings. The first-order valence-electron chi connectivity index (χ1n) is 4.90. The Bertz CT molecular complexity index is 178. The molecule has 1 unspecified atom stereocenters. The van der Waals surface area contributed by atoms with Crippen molar-refractivity contribution in [3.8, 4) is 0 Å². The summed E-state index contributed by atoms with van der Waals surface area (Å²) >= 11 is 1.77. The minimum Gasteiger partial charge on any atom is -0.325 e. The number of thioether (sulfide) groups is 1. The molecule has 0 bridgehead atoms. The molecule has 84 valence electrons. The van der Waals surface area contributed by atoms with Gasteiger partial charge in [0.05, 0.1) is 13.1 Å². The van der Waals surface area contributed by atoms with Crippen molar-refractivity contribution in [3.05, 3.63) is 0 Å². The van der Waals surface area contributed by atoms with Gasteiger partial charge >= 0.3 is 0 Å². The topological polar surface area (TPSA) is 29.3 Å². The van der Waals surface area contributed by atoms with E-state index in [2.05, 4.69) is 0 Å². The van der Waals surface area contributed by atoms with E-state index >= 15 is 0 Å². The molecule has 0 spiro atoms. The van der Waals surface area contributed by atoms with E-state index in [9.17, 15) is 8.78 Å². The first-order chi connectivity index (χ1) is 6.57. The summed E-state index contributed by atoms with van der Waals surface area (Å²) in [4.78, 5) is 1.83. The summed E-state index contributed by atoms with van der Waals surface area (Å²) in [6.45, 7) is 0.831. The number of halogens is 2. The van der Waals surface area contributed by atoms with Crippen molar-refractivity contribution >= 4 is 11.8 Å². The lowest BCUT2D eigenvalue weighted by Gasteiger charge is -2.33. The maximum atomic E-state index is 13.0. The molecule has 0 aliphatic carbocycles. The van der Waals surface area contributed by atoms with Gasteiger partial charge in [-0.3, -0.25) is 4.90 Å². The van der Waals surface area contributed by atoms with Crippen LogP contribution in [0, 0.1) is 0 Å². The second-order valence-electron chi connectivity index (χ2n) is 3.80. The summed E-state index contributed by atoms with van der Waals surface area (Å²) in [5, 5.41) is 0.511. The van der Waals surface area contributed by atoms with Crippen LogP contribution in [0.3, 0.4) is 0 Å². The normalized spacial score (nSPS) is 25.3. The molecule has 2 nitrogen and oxygen atoms in total. The van der Waals surface area contributed by atoms with Crippen LogP contribution >= 0.6 is 11.8 Å². The Balaban J connectivity index is 2.37. The van der Waals surface area contributed by atoms with E-state index < -0.39 is 12.5 Å². The number of nitrogens with two attached hydrogens (primary N) is 1. The van der Waals surface area contributed by atoms with Crippen molar-refractivity contribution in [2.45, 2.75) is 24.0 Å². The van der Waals surface area contributed by atoms with Crippen LogP contribution in [0.4, 0.5) is 8.78 Å². The zero-order valence-electron chi connectivity index (χ0n) is 8.51. The van der Waals surface area contributed by atoms with Crippen molar-refractivity contribution in [1.29, 1.82) is 0 Å². The number of hydrogen-bond donors (Lipinski definition) is 1. The van der Waals surface area contributed by atoms with E-state index in [1.165, 1.54) is 0 Å². The average Bonchev–Trinajstić information content (AvgIpc) is 2.17. The van der Waals surface area contributed by atoms with Crippen LogP contribution in [-0.2, 0) is 0 Å². The van der Waals surface area contributed by atoms with Crippen molar-refractivity contribution < 1.29 is 8.78 Å². The fourth-order valence-electron chi connectivity index (χ4n) is 1.74. The van der Waals surface area contributed by atoms with Crippen LogP contribution < -0.4 is 5.73 Å². The third kappa shape index (κ3) is 3.71. The lowest BCUT2D eigenvalue weighted by atomic mass is 10.1. The van der Waals surface area contributed by atoms with Gasteiger partial charge in [-0.1, -0.05) is 0 Å². The molecule has 1 aliphatic rings. The summed E-state index contributed by atoms with van der Waals surface area (Å²) in [6, 6.07) is 0. The number of piperidine rings is 1. The van der Waals surface area contributed by atoms with Crippen LogP contribution in [0.5, 0.6) is 0 Å². The summed E-state index contributed by atoms with van der Waals surface area (Å²) < 4.78 is 26.0. The van der Waals surface area contributed by atoms with Crippen molar-refractivity contribution in [2.75, 3.05) is 32.4 Å². The SMILES string of the molecule is CSC1CCCN(CC(F)(F)CN)C1. The van der Waals surface area contributed by atoms with Gasteiger partial charge in [-0.25, -0.2) is 8.78 Å². The first-order valence-corrected chi connectivity index (χ1v) is 6.19. The summed E-state index contributed by atoms with van der Waals surface area (Å²) in [5.41, 5.74) is 5.01. The van der Waals surface area contributed by atoms with E-state index in [1.807, 2.05) is 11.2 Å². The maximum Gasteiger partial charge on any atom is 0.272 e. The second-order valence-corrected chi connectivity index (χ2v) is 4.93. The van der Waals surface area contributed by atoms with Crippen molar-refractivity contribution in [1.82, 2.24) is 4.90 Å². The minimum atomic E-state index is -2.72. The number of nitrogens with zero attached hydrogens (tertiary/aromatic N) is 1. The molecular weight excluding hydrogens is 206 g/mol. The summed E-state index contributed by atoms with van der Waals surface area (Å²) in [6.07, 6.45) is 4.20. The Morgan fingerprint density at radius 1 is 1.57 bits per heavy atom. The third-order valence-corrected chi connectivity index (χ3v) is 3.60. The van der Waals surface area contributed by atoms with Crippen LogP contribution in [0.2, 0.25) is 0 Å². The molecule has 1 heterocycles. The summed E-state index contributed by atoms with van der Waals surface area (Å²) in [7, 11) is 0. The van der Waals surface area contributed by atoms with Gasteiger partial charge in [0.2, 0.25) is 0 Å². The molecule has 0 radical (unpaired) electrons. The smallest absolute Gasteiger partial charge is 0.272 e. The van der Waals surface area contributed by atoms with Gasteiger partial charge in [0.25, 0.3) is 5.92 Å². The van der Waals surface area contributed by atoms with E-state index in [1.54, 1.807) is 11.8 Å². The average molecular weight is 224 g/mol. The Labute approximate surface area is 88.2 Å². The molecule has 1 atom stereocenters. The zero-order valence-corrected chi connectivity index (χ0v) is 9.33. The monoisotopic (exact) mass is 224 g/mol. The molecule has 1 saturated heterocycles. The first kappa shape index (κ1) is 12.2. The van der Waals surface area contributed by atoms with Crippen molar-refractivity contribution in [3.63, 3.8) is 0 Å². The molecular formula is C9H18F2N2S. The fourth-order valence-corrected chi connectivity index (χ4v) is 2.50. The molecule has 2 N–H and O–H groups in total. The van der Waals surface area contributed by atoms with E-state index in [0.29, 0.717) is 5.25 Å². The highest BCUT2D eigenvalue weighted by atomic mass is 32.2. The molecule has 5 heteroatoms. The Kier molecular flexibility index (Phi) is 4.60. The highest BCUT2D eigenvalue weighted by molar-refractivity contribution is 7.99. The third-order valence-electron chi connectivity index (χ3n) is 2.55. The van der Waals surface area contributed by atoms with Gasteiger partial charge in [-0.15, -0.1) is 0 Å². The molecule has 0 saturated carbocycles. The molecule has 1 rings (SSSR count). The lowest BCUT2D eigenvalue weighted by molar-refractivity contribution is -0.0267. The van der Waals surface area contributed by atoms with Gasteiger partial charge in [0.15, 0.2) is 0 Å². The van der Waals surface area contributed by atoms with E-state index in [-0.39, 0.29) is 6.54 Å². The Morgan fingerprint density at radius 2 is 2.29 bits per heavy atom. The highest BCUT2D eigenvalue weighted by Gasteiger charge is 2.31. The van der Waals surface area contributed by atoms with E-state index in [0.717, 1.165) is 25.9 Å². The second kappa shape index (κ2) is 5.28. The predicted molar refractivity (Wildman–Crippen MR) is 57.0 cm³/mol. The lowest BCUT2D eigenvalue weighted by Crippen LogP contribution is -2.46. The van der Waals surface area contributed by atoms with Gasteiger partial charge in [0.1, 0.15) is 0 Å². The van der Waals surface area contributed by atoms with Crippen molar-refractivity contribution in [2.24, 2.45) is 5.73 Å². The Morgan fingerprint density at radius 3 is 2.86 bits per heavy atom. The van der Waals surface area contributed by atoms with Gasteiger partial charge in [0, 0.05) is 11.8 Å². The highest BCUT2D eigenvalue weighted by Crippen LogP contribution is 2.22. The quantitative estimate of drug-likeness (QED) is 0.783. The molecule has 1 fully saturated rings. The van der Waals surface area contributed by atoms with Crippen LogP contribution in [0.25, 0.3) is 0 Å². The van der Waals surface area contributed by atoms with E-state index in [4.69, 9.17) is 5.73 Å². The molecule has 0 aromatic heterocycles. The van der Waals surface area contributed by atoms with Crippen LogP contribution in [0.15, 0.2) is 0 Å². The molecule has 1 aliphatic heterocycles.